The second-order valence-electron chi connectivity index (χ2n) is 3.46. The molecule has 2 nitrogen and oxygen atoms in total. The smallest absolute Gasteiger partial charge is 0.251 e. The van der Waals surface area contributed by atoms with E-state index in [1.165, 1.54) is 0 Å². The third-order valence-corrected chi connectivity index (χ3v) is 2.90. The van der Waals surface area contributed by atoms with Crippen molar-refractivity contribution >= 4 is 21.8 Å². The van der Waals surface area contributed by atoms with Crippen molar-refractivity contribution in [1.82, 2.24) is 5.32 Å². The first-order chi connectivity index (χ1) is 7.24. The third kappa shape index (κ3) is 4.47. The van der Waals surface area contributed by atoms with Crippen molar-refractivity contribution in [2.45, 2.75) is 24.6 Å². The van der Waals surface area contributed by atoms with Crippen molar-refractivity contribution in [3.63, 3.8) is 0 Å². The van der Waals surface area contributed by atoms with Crippen molar-refractivity contribution in [3.8, 4) is 0 Å². The molecule has 82 valence electrons. The molecule has 0 radical (unpaired) electrons. The highest BCUT2D eigenvalue weighted by molar-refractivity contribution is 9.09. The van der Waals surface area contributed by atoms with Crippen molar-refractivity contribution in [2.75, 3.05) is 6.54 Å². The number of carbonyl (C=O) groups is 1. The minimum Gasteiger partial charge on any atom is -0.351 e. The molecule has 15 heavy (non-hydrogen) atoms. The molecule has 0 saturated carbocycles. The number of carbonyl (C=O) groups excluding carboxylic acids is 1. The number of halogens is 1. The molecule has 3 heteroatoms. The Kier molecular flexibility index (Phi) is 5.40. The largest absolute Gasteiger partial charge is 0.351 e. The maximum atomic E-state index is 11.6. The van der Waals surface area contributed by atoms with E-state index in [2.05, 4.69) is 28.2 Å². The quantitative estimate of drug-likeness (QED) is 0.819. The number of hydrogen-bond donors (Lipinski definition) is 1. The van der Waals surface area contributed by atoms with Gasteiger partial charge in [0.2, 0.25) is 0 Å². The van der Waals surface area contributed by atoms with Crippen molar-refractivity contribution in [2.24, 2.45) is 0 Å². The van der Waals surface area contributed by atoms with Gasteiger partial charge in [0.05, 0.1) is 0 Å². The second kappa shape index (κ2) is 6.62. The van der Waals surface area contributed by atoms with Gasteiger partial charge in [-0.25, -0.2) is 0 Å². The Labute approximate surface area is 99.2 Å². The minimum atomic E-state index is -0.00356. The van der Waals surface area contributed by atoms with Crippen LogP contribution in [0.25, 0.3) is 0 Å². The zero-order chi connectivity index (χ0) is 11.1. The van der Waals surface area contributed by atoms with Crippen LogP contribution in [0.15, 0.2) is 30.3 Å². The lowest BCUT2D eigenvalue weighted by atomic mass is 10.2. The molecule has 0 bridgehead atoms. The summed E-state index contributed by atoms with van der Waals surface area (Å²) in [6.45, 7) is 2.81. The molecule has 0 heterocycles. The lowest BCUT2D eigenvalue weighted by Crippen LogP contribution is -2.29. The van der Waals surface area contributed by atoms with E-state index in [-0.39, 0.29) is 5.91 Å². The van der Waals surface area contributed by atoms with Gasteiger partial charge in [0.25, 0.3) is 5.91 Å². The minimum absolute atomic E-state index is 0.00356. The molecule has 1 aromatic rings. The van der Waals surface area contributed by atoms with E-state index >= 15 is 0 Å². The van der Waals surface area contributed by atoms with E-state index in [4.69, 9.17) is 0 Å². The highest BCUT2D eigenvalue weighted by Crippen LogP contribution is 2.06. The van der Waals surface area contributed by atoms with Gasteiger partial charge in [-0.3, -0.25) is 4.79 Å². The van der Waals surface area contributed by atoms with Gasteiger partial charge in [-0.2, -0.15) is 0 Å². The molecular formula is C12H16BrNO. The van der Waals surface area contributed by atoms with E-state index in [0.717, 1.165) is 12.8 Å². The highest BCUT2D eigenvalue weighted by Gasteiger charge is 2.07. The molecule has 1 aromatic carbocycles. The van der Waals surface area contributed by atoms with E-state index in [9.17, 15) is 4.79 Å². The van der Waals surface area contributed by atoms with Crippen molar-refractivity contribution in [3.05, 3.63) is 35.9 Å². The molecular weight excluding hydrogens is 254 g/mol. The fraction of sp³-hybridized carbons (Fsp3) is 0.417. The fourth-order valence-corrected chi connectivity index (χ4v) is 1.93. The molecule has 1 rings (SSSR count). The SMILES string of the molecule is CCCC(Br)CNC(=O)c1ccccc1. The third-order valence-electron chi connectivity index (χ3n) is 2.12. The number of nitrogens with one attached hydrogen (secondary N) is 1. The van der Waals surface area contributed by atoms with Gasteiger partial charge in [0.1, 0.15) is 0 Å². The van der Waals surface area contributed by atoms with Gasteiger partial charge in [-0.15, -0.1) is 0 Å². The summed E-state index contributed by atoms with van der Waals surface area (Å²) in [5.74, 6) is -0.00356. The van der Waals surface area contributed by atoms with Crippen molar-refractivity contribution < 1.29 is 4.79 Å². The average Bonchev–Trinajstić information content (AvgIpc) is 2.27. The fourth-order valence-electron chi connectivity index (χ4n) is 1.31. The topological polar surface area (TPSA) is 29.1 Å². The van der Waals surface area contributed by atoms with E-state index in [0.29, 0.717) is 16.9 Å². The zero-order valence-corrected chi connectivity index (χ0v) is 10.5. The normalized spacial score (nSPS) is 12.1. The molecule has 1 unspecified atom stereocenters. The summed E-state index contributed by atoms with van der Waals surface area (Å²) in [6, 6.07) is 9.27. The van der Waals surface area contributed by atoms with E-state index < -0.39 is 0 Å². The van der Waals surface area contributed by atoms with Gasteiger partial charge in [0.15, 0.2) is 0 Å². The van der Waals surface area contributed by atoms with E-state index in [1.54, 1.807) is 0 Å². The first-order valence-corrected chi connectivity index (χ1v) is 6.13. The molecule has 1 atom stereocenters. The summed E-state index contributed by atoms with van der Waals surface area (Å²) < 4.78 is 0. The Morgan fingerprint density at radius 3 is 2.67 bits per heavy atom. The Morgan fingerprint density at radius 2 is 2.07 bits per heavy atom. The van der Waals surface area contributed by atoms with Crippen LogP contribution in [0, 0.1) is 0 Å². The molecule has 0 fully saturated rings. The number of benzene rings is 1. The van der Waals surface area contributed by atoms with Gasteiger partial charge in [0, 0.05) is 16.9 Å². The molecule has 0 aromatic heterocycles. The van der Waals surface area contributed by atoms with Crippen LogP contribution >= 0.6 is 15.9 Å². The Morgan fingerprint density at radius 1 is 1.40 bits per heavy atom. The Balaban J connectivity index is 2.37. The molecule has 0 spiro atoms. The molecule has 1 amide bonds. The first kappa shape index (κ1) is 12.2. The standard InChI is InChI=1S/C12H16BrNO/c1-2-6-11(13)9-14-12(15)10-7-4-3-5-8-10/h3-5,7-8,11H,2,6,9H2,1H3,(H,14,15). The number of rotatable bonds is 5. The van der Waals surface area contributed by atoms with Gasteiger partial charge in [-0.05, 0) is 18.6 Å². The summed E-state index contributed by atoms with van der Waals surface area (Å²) in [6.07, 6.45) is 2.20. The van der Waals surface area contributed by atoms with Gasteiger partial charge in [-0.1, -0.05) is 47.5 Å². The molecule has 0 aliphatic heterocycles. The maximum absolute atomic E-state index is 11.6. The first-order valence-electron chi connectivity index (χ1n) is 5.21. The lowest BCUT2D eigenvalue weighted by Gasteiger charge is -2.09. The Bertz CT molecular complexity index is 300. The number of alkyl halides is 1. The maximum Gasteiger partial charge on any atom is 0.251 e. The molecule has 0 aliphatic rings. The summed E-state index contributed by atoms with van der Waals surface area (Å²) >= 11 is 3.52. The lowest BCUT2D eigenvalue weighted by molar-refractivity contribution is 0.0953. The zero-order valence-electron chi connectivity index (χ0n) is 8.87. The van der Waals surface area contributed by atoms with Crippen LogP contribution in [0.3, 0.4) is 0 Å². The van der Waals surface area contributed by atoms with Crippen LogP contribution < -0.4 is 5.32 Å². The number of amides is 1. The van der Waals surface area contributed by atoms with Gasteiger partial charge >= 0.3 is 0 Å². The van der Waals surface area contributed by atoms with Crippen LogP contribution in [0.5, 0.6) is 0 Å². The molecule has 1 N–H and O–H groups in total. The molecule has 0 saturated heterocycles. The summed E-state index contributed by atoms with van der Waals surface area (Å²) in [5, 5.41) is 2.90. The monoisotopic (exact) mass is 269 g/mol. The summed E-state index contributed by atoms with van der Waals surface area (Å²) in [4.78, 5) is 12.0. The highest BCUT2D eigenvalue weighted by atomic mass is 79.9. The van der Waals surface area contributed by atoms with Crippen LogP contribution in [-0.2, 0) is 0 Å². The van der Waals surface area contributed by atoms with E-state index in [1.807, 2.05) is 30.3 Å². The van der Waals surface area contributed by atoms with Gasteiger partial charge < -0.3 is 5.32 Å². The predicted molar refractivity (Wildman–Crippen MR) is 66.4 cm³/mol. The second-order valence-corrected chi connectivity index (χ2v) is 4.76. The Hall–Kier alpha value is -0.830. The van der Waals surface area contributed by atoms with Crippen molar-refractivity contribution in [1.29, 1.82) is 0 Å². The van der Waals surface area contributed by atoms with Crippen LogP contribution in [-0.4, -0.2) is 17.3 Å². The van der Waals surface area contributed by atoms with Crippen LogP contribution in [0.2, 0.25) is 0 Å². The number of hydrogen-bond acceptors (Lipinski definition) is 1. The van der Waals surface area contributed by atoms with Crippen LogP contribution in [0.1, 0.15) is 30.1 Å². The summed E-state index contributed by atoms with van der Waals surface area (Å²) in [7, 11) is 0. The average molecular weight is 270 g/mol. The predicted octanol–water partition coefficient (Wildman–Crippen LogP) is 2.98. The summed E-state index contributed by atoms with van der Waals surface area (Å²) in [5.41, 5.74) is 0.716. The molecule has 0 aliphatic carbocycles. The van der Waals surface area contributed by atoms with Crippen LogP contribution in [0.4, 0.5) is 0 Å².